The van der Waals surface area contributed by atoms with Gasteiger partial charge in [-0.1, -0.05) is 19.9 Å². The fourth-order valence-corrected chi connectivity index (χ4v) is 1.25. The molecule has 6 heteroatoms. The van der Waals surface area contributed by atoms with Crippen LogP contribution in [0.5, 0.6) is 5.75 Å². The lowest BCUT2D eigenvalue weighted by molar-refractivity contribution is 0.0683. The summed E-state index contributed by atoms with van der Waals surface area (Å²) in [6.07, 6.45) is 0. The van der Waals surface area contributed by atoms with Gasteiger partial charge in [0.05, 0.1) is 5.39 Å². The number of phenolic OH excluding ortho intramolecular Hbond substituents is 1. The normalized spacial score (nSPS) is 9.53. The van der Waals surface area contributed by atoms with Gasteiger partial charge < -0.3 is 15.2 Å². The quantitative estimate of drug-likeness (QED) is 0.693. The lowest BCUT2D eigenvalue weighted by Crippen LogP contribution is -2.15. The Hall–Kier alpha value is -2.37. The molecule has 0 saturated carbocycles. The summed E-state index contributed by atoms with van der Waals surface area (Å²) in [5.74, 6) is -2.06. The number of aromatic nitrogens is 2. The Morgan fingerprint density at radius 1 is 1.35 bits per heavy atom. The van der Waals surface area contributed by atoms with Crippen molar-refractivity contribution in [3.05, 3.63) is 34.4 Å². The van der Waals surface area contributed by atoms with Crippen molar-refractivity contribution in [1.29, 1.82) is 0 Å². The second-order valence-corrected chi connectivity index (χ2v) is 2.89. The number of phenols is 1. The van der Waals surface area contributed by atoms with Gasteiger partial charge in [0.2, 0.25) is 5.82 Å². The topological polar surface area (TPSA) is 103 Å². The van der Waals surface area contributed by atoms with E-state index in [0.29, 0.717) is 0 Å². The van der Waals surface area contributed by atoms with Gasteiger partial charge >= 0.3 is 5.97 Å². The molecule has 2 rings (SSSR count). The van der Waals surface area contributed by atoms with Crippen molar-refractivity contribution < 1.29 is 15.0 Å². The summed E-state index contributed by atoms with van der Waals surface area (Å²) in [6, 6.07) is 4.27. The highest BCUT2D eigenvalue weighted by atomic mass is 16.4. The maximum atomic E-state index is 11.4. The molecule has 1 aromatic carbocycles. The number of fused-ring (bicyclic) bond motifs is 1. The van der Waals surface area contributed by atoms with Gasteiger partial charge in [-0.2, -0.15) is 0 Å². The van der Waals surface area contributed by atoms with Gasteiger partial charge in [0.1, 0.15) is 11.3 Å². The first-order chi connectivity index (χ1) is 8.09. The minimum absolute atomic E-state index is 0.0151. The summed E-state index contributed by atoms with van der Waals surface area (Å²) < 4.78 is 0. The molecule has 17 heavy (non-hydrogen) atoms. The number of aromatic amines is 1. The molecule has 0 amide bonds. The number of carbonyl (C=O) groups is 1. The lowest BCUT2D eigenvalue weighted by atomic mass is 10.2. The summed E-state index contributed by atoms with van der Waals surface area (Å²) in [7, 11) is 0. The third-order valence-corrected chi connectivity index (χ3v) is 1.92. The highest BCUT2D eigenvalue weighted by molar-refractivity contribution is 5.89. The minimum atomic E-state index is -1.35. The predicted molar refractivity (Wildman–Crippen MR) is 62.3 cm³/mol. The van der Waals surface area contributed by atoms with Crippen molar-refractivity contribution in [2.45, 2.75) is 13.8 Å². The van der Waals surface area contributed by atoms with Crippen molar-refractivity contribution in [1.82, 2.24) is 9.97 Å². The first-order valence-electron chi connectivity index (χ1n) is 5.05. The lowest BCUT2D eigenvalue weighted by Gasteiger charge is -2.00. The molecule has 0 fully saturated rings. The zero-order chi connectivity index (χ0) is 13.0. The van der Waals surface area contributed by atoms with Crippen LogP contribution in [0.15, 0.2) is 23.0 Å². The molecule has 0 aliphatic carbocycles. The molecule has 1 aromatic heterocycles. The first-order valence-corrected chi connectivity index (χ1v) is 5.05. The van der Waals surface area contributed by atoms with Crippen LogP contribution in [0.2, 0.25) is 0 Å². The van der Waals surface area contributed by atoms with Gasteiger partial charge in [0.25, 0.3) is 5.56 Å². The van der Waals surface area contributed by atoms with Gasteiger partial charge in [0, 0.05) is 0 Å². The van der Waals surface area contributed by atoms with E-state index >= 15 is 0 Å². The molecular formula is C11H12N2O4. The number of H-pyrrole nitrogens is 1. The molecule has 90 valence electrons. The number of hydrogen-bond donors (Lipinski definition) is 3. The standard InChI is InChI=1S/C9H6N2O4.C2H6/c12-5-3-1-2-4-6(5)10-7(9(14)15)11-8(4)13;1-2/h1-3,12H,(H,14,15)(H,10,11,13);1-2H3. The summed E-state index contributed by atoms with van der Waals surface area (Å²) in [5, 5.41) is 18.2. The Bertz CT molecular complexity index is 604. The number of hydrogen-bond acceptors (Lipinski definition) is 4. The fraction of sp³-hybridized carbons (Fsp3) is 0.182. The number of carboxylic acids is 1. The highest BCUT2D eigenvalue weighted by Crippen LogP contribution is 2.18. The number of benzene rings is 1. The Morgan fingerprint density at radius 2 is 2.00 bits per heavy atom. The molecule has 0 aliphatic heterocycles. The third-order valence-electron chi connectivity index (χ3n) is 1.92. The van der Waals surface area contributed by atoms with Crippen LogP contribution < -0.4 is 5.56 Å². The molecule has 3 N–H and O–H groups in total. The maximum absolute atomic E-state index is 11.4. The van der Waals surface area contributed by atoms with Crippen molar-refractivity contribution >= 4 is 16.9 Å². The van der Waals surface area contributed by atoms with Crippen molar-refractivity contribution in [2.24, 2.45) is 0 Å². The van der Waals surface area contributed by atoms with E-state index in [0.717, 1.165) is 0 Å². The van der Waals surface area contributed by atoms with Crippen LogP contribution in [-0.2, 0) is 0 Å². The Morgan fingerprint density at radius 3 is 2.59 bits per heavy atom. The molecule has 0 spiro atoms. The van der Waals surface area contributed by atoms with Crippen LogP contribution in [0.3, 0.4) is 0 Å². The third kappa shape index (κ3) is 2.41. The maximum Gasteiger partial charge on any atom is 0.372 e. The van der Waals surface area contributed by atoms with E-state index in [1.54, 1.807) is 0 Å². The Labute approximate surface area is 96.6 Å². The van der Waals surface area contributed by atoms with E-state index in [4.69, 9.17) is 5.11 Å². The van der Waals surface area contributed by atoms with Crippen LogP contribution in [0.4, 0.5) is 0 Å². The number of aromatic carboxylic acids is 1. The van der Waals surface area contributed by atoms with Crippen LogP contribution in [0.25, 0.3) is 10.9 Å². The van der Waals surface area contributed by atoms with Crippen LogP contribution in [0, 0.1) is 0 Å². The monoisotopic (exact) mass is 236 g/mol. The first kappa shape index (κ1) is 12.7. The number of nitrogens with one attached hydrogen (secondary N) is 1. The van der Waals surface area contributed by atoms with E-state index in [2.05, 4.69) is 9.97 Å². The van der Waals surface area contributed by atoms with Crippen LogP contribution >= 0.6 is 0 Å². The average Bonchev–Trinajstić information content (AvgIpc) is 2.33. The van der Waals surface area contributed by atoms with Gasteiger partial charge in [0.15, 0.2) is 0 Å². The molecule has 0 aliphatic rings. The molecule has 2 aromatic rings. The summed E-state index contributed by atoms with van der Waals surface area (Å²) in [4.78, 5) is 27.7. The van der Waals surface area contributed by atoms with Crippen molar-refractivity contribution in [3.63, 3.8) is 0 Å². The van der Waals surface area contributed by atoms with E-state index in [9.17, 15) is 14.7 Å². The zero-order valence-electron chi connectivity index (χ0n) is 9.39. The molecule has 1 heterocycles. The minimum Gasteiger partial charge on any atom is -0.506 e. The van der Waals surface area contributed by atoms with Gasteiger partial charge in [-0.05, 0) is 12.1 Å². The molecule has 0 saturated heterocycles. The zero-order valence-corrected chi connectivity index (χ0v) is 9.39. The highest BCUT2D eigenvalue weighted by Gasteiger charge is 2.11. The number of aromatic hydroxyl groups is 1. The van der Waals surface area contributed by atoms with Gasteiger partial charge in [-0.25, -0.2) is 9.78 Å². The van der Waals surface area contributed by atoms with Crippen LogP contribution in [0.1, 0.15) is 24.5 Å². The van der Waals surface area contributed by atoms with Gasteiger partial charge in [-0.3, -0.25) is 4.79 Å². The smallest absolute Gasteiger partial charge is 0.372 e. The van der Waals surface area contributed by atoms with E-state index < -0.39 is 17.4 Å². The largest absolute Gasteiger partial charge is 0.506 e. The van der Waals surface area contributed by atoms with Crippen molar-refractivity contribution in [3.8, 4) is 5.75 Å². The number of nitrogens with zero attached hydrogens (tertiary/aromatic N) is 1. The predicted octanol–water partition coefficient (Wildman–Crippen LogP) is 1.35. The number of para-hydroxylation sites is 1. The molecule has 0 radical (unpaired) electrons. The average molecular weight is 236 g/mol. The van der Waals surface area contributed by atoms with E-state index in [-0.39, 0.29) is 16.7 Å². The van der Waals surface area contributed by atoms with E-state index in [1.165, 1.54) is 18.2 Å². The fourth-order valence-electron chi connectivity index (χ4n) is 1.25. The molecule has 0 atom stereocenters. The molecular weight excluding hydrogens is 224 g/mol. The van der Waals surface area contributed by atoms with Gasteiger partial charge in [-0.15, -0.1) is 0 Å². The molecule has 0 unspecified atom stereocenters. The Kier molecular flexibility index (Phi) is 3.82. The number of rotatable bonds is 1. The summed E-state index contributed by atoms with van der Waals surface area (Å²) >= 11 is 0. The number of carboxylic acid groups (broad SMARTS) is 1. The van der Waals surface area contributed by atoms with Crippen molar-refractivity contribution in [2.75, 3.05) is 0 Å². The van der Waals surface area contributed by atoms with E-state index in [1.807, 2.05) is 13.8 Å². The summed E-state index contributed by atoms with van der Waals surface area (Å²) in [5.41, 5.74) is -0.605. The summed E-state index contributed by atoms with van der Waals surface area (Å²) in [6.45, 7) is 4.00. The second kappa shape index (κ2) is 5.11. The molecule has 0 bridgehead atoms. The molecule has 6 nitrogen and oxygen atoms in total. The Balaban J connectivity index is 0.000000686. The van der Waals surface area contributed by atoms with Crippen LogP contribution in [-0.4, -0.2) is 26.2 Å². The SMILES string of the molecule is CC.O=C(O)c1nc2c(O)cccc2c(=O)[nH]1. The second-order valence-electron chi connectivity index (χ2n) is 2.89.